The zero-order chi connectivity index (χ0) is 23.3. The molecule has 1 N–H and O–H groups in total. The first-order valence-corrected chi connectivity index (χ1v) is 11.8. The zero-order valence-electron chi connectivity index (χ0n) is 16.8. The van der Waals surface area contributed by atoms with Gasteiger partial charge in [0.25, 0.3) is 10.0 Å². The maximum Gasteiger partial charge on any atom is 0.339 e. The Bertz CT molecular complexity index is 1230. The second-order valence-corrected chi connectivity index (χ2v) is 9.72. The summed E-state index contributed by atoms with van der Waals surface area (Å²) in [5.74, 6) is -1.26. The highest BCUT2D eigenvalue weighted by Crippen LogP contribution is 2.26. The van der Waals surface area contributed by atoms with E-state index in [9.17, 15) is 18.0 Å². The topological polar surface area (TPSA) is 92.8 Å². The van der Waals surface area contributed by atoms with E-state index < -0.39 is 28.4 Å². The number of anilines is 2. The van der Waals surface area contributed by atoms with Crippen LogP contribution in [0.25, 0.3) is 0 Å². The van der Waals surface area contributed by atoms with Gasteiger partial charge in [0, 0.05) is 10.2 Å². The lowest BCUT2D eigenvalue weighted by Crippen LogP contribution is -2.38. The molecule has 3 aromatic rings. The predicted molar refractivity (Wildman–Crippen MR) is 127 cm³/mol. The van der Waals surface area contributed by atoms with E-state index in [1.165, 1.54) is 37.4 Å². The second kappa shape index (κ2) is 10.2. The molecule has 3 aromatic carbocycles. The first-order valence-electron chi connectivity index (χ1n) is 9.23. The van der Waals surface area contributed by atoms with Crippen LogP contribution in [-0.2, 0) is 19.6 Å². The molecule has 3 rings (SSSR count). The number of nitrogens with zero attached hydrogens (tertiary/aromatic N) is 1. The highest BCUT2D eigenvalue weighted by molar-refractivity contribution is 9.10. The molecule has 0 aromatic heterocycles. The second-order valence-electron chi connectivity index (χ2n) is 6.54. The first-order chi connectivity index (χ1) is 15.2. The number of amides is 1. The number of halogens is 2. The van der Waals surface area contributed by atoms with E-state index in [1.54, 1.807) is 42.5 Å². The minimum atomic E-state index is -4.02. The first kappa shape index (κ1) is 23.8. The van der Waals surface area contributed by atoms with Crippen LogP contribution in [0.5, 0.6) is 0 Å². The molecule has 0 bridgehead atoms. The van der Waals surface area contributed by atoms with Gasteiger partial charge in [-0.05, 0) is 54.6 Å². The monoisotopic (exact) mass is 536 g/mol. The maximum absolute atomic E-state index is 13.3. The highest BCUT2D eigenvalue weighted by Gasteiger charge is 2.27. The summed E-state index contributed by atoms with van der Waals surface area (Å²) in [6.07, 6.45) is 0. The summed E-state index contributed by atoms with van der Waals surface area (Å²) < 4.78 is 33.0. The van der Waals surface area contributed by atoms with Gasteiger partial charge < -0.3 is 10.1 Å². The van der Waals surface area contributed by atoms with Crippen molar-refractivity contribution in [2.75, 3.05) is 23.3 Å². The van der Waals surface area contributed by atoms with Crippen molar-refractivity contribution in [2.24, 2.45) is 0 Å². The average molecular weight is 538 g/mol. The van der Waals surface area contributed by atoms with E-state index in [2.05, 4.69) is 26.0 Å². The number of rotatable bonds is 7. The van der Waals surface area contributed by atoms with Crippen molar-refractivity contribution >= 4 is 60.8 Å². The minimum Gasteiger partial charge on any atom is -0.465 e. The normalized spacial score (nSPS) is 11.0. The van der Waals surface area contributed by atoms with E-state index >= 15 is 0 Å². The van der Waals surface area contributed by atoms with Gasteiger partial charge in [-0.15, -0.1) is 0 Å². The van der Waals surface area contributed by atoms with Crippen molar-refractivity contribution in [2.45, 2.75) is 4.90 Å². The Morgan fingerprint density at radius 3 is 2.31 bits per heavy atom. The molecule has 0 fully saturated rings. The van der Waals surface area contributed by atoms with Gasteiger partial charge >= 0.3 is 5.97 Å². The fourth-order valence-corrected chi connectivity index (χ4v) is 4.74. The van der Waals surface area contributed by atoms with Crippen molar-refractivity contribution in [3.8, 4) is 0 Å². The summed E-state index contributed by atoms with van der Waals surface area (Å²) in [4.78, 5) is 24.7. The molecule has 10 heteroatoms. The van der Waals surface area contributed by atoms with Crippen molar-refractivity contribution in [1.82, 2.24) is 0 Å². The molecule has 7 nitrogen and oxygen atoms in total. The number of hydrogen-bond acceptors (Lipinski definition) is 5. The van der Waals surface area contributed by atoms with Crippen molar-refractivity contribution < 1.29 is 22.7 Å². The van der Waals surface area contributed by atoms with Gasteiger partial charge in [-0.3, -0.25) is 9.10 Å². The summed E-state index contributed by atoms with van der Waals surface area (Å²) in [6, 6.07) is 18.7. The van der Waals surface area contributed by atoms with Crippen molar-refractivity contribution in [3.05, 3.63) is 87.9 Å². The lowest BCUT2D eigenvalue weighted by atomic mass is 10.2. The van der Waals surface area contributed by atoms with Gasteiger partial charge in [0.1, 0.15) is 6.54 Å². The summed E-state index contributed by atoms with van der Waals surface area (Å²) in [5.41, 5.74) is 0.667. The van der Waals surface area contributed by atoms with E-state index in [0.717, 1.165) is 8.78 Å². The molecule has 0 aliphatic carbocycles. The van der Waals surface area contributed by atoms with Crippen LogP contribution in [0.15, 0.2) is 82.2 Å². The van der Waals surface area contributed by atoms with E-state index in [4.69, 9.17) is 11.6 Å². The molecular weight excluding hydrogens is 520 g/mol. The van der Waals surface area contributed by atoms with Crippen LogP contribution < -0.4 is 9.62 Å². The Morgan fingerprint density at radius 1 is 1.03 bits per heavy atom. The number of esters is 1. The number of hydrogen-bond donors (Lipinski definition) is 1. The minimum absolute atomic E-state index is 0.0511. The van der Waals surface area contributed by atoms with Crippen LogP contribution in [0.3, 0.4) is 0 Å². The quantitative estimate of drug-likeness (QED) is 0.440. The van der Waals surface area contributed by atoms with Gasteiger partial charge in [0.15, 0.2) is 0 Å². The Balaban J connectivity index is 1.91. The Morgan fingerprint density at radius 2 is 1.69 bits per heavy atom. The Hall–Kier alpha value is -2.88. The van der Waals surface area contributed by atoms with Crippen LogP contribution in [0.1, 0.15) is 10.4 Å². The third-order valence-corrected chi connectivity index (χ3v) is 7.03. The highest BCUT2D eigenvalue weighted by atomic mass is 79.9. The van der Waals surface area contributed by atoms with Crippen molar-refractivity contribution in [1.29, 1.82) is 0 Å². The molecule has 0 saturated carbocycles. The van der Waals surface area contributed by atoms with Crippen LogP contribution >= 0.6 is 27.5 Å². The maximum atomic E-state index is 13.3. The smallest absolute Gasteiger partial charge is 0.339 e. The SMILES string of the molecule is COC(=O)c1cc(NC(=O)CN(c2ccc(Br)cc2)S(=O)(=O)c2ccccc2)ccc1Cl. The summed E-state index contributed by atoms with van der Waals surface area (Å²) in [6.45, 7) is -0.491. The van der Waals surface area contributed by atoms with Gasteiger partial charge in [-0.1, -0.05) is 45.7 Å². The molecule has 166 valence electrons. The van der Waals surface area contributed by atoms with E-state index in [1.807, 2.05) is 0 Å². The molecule has 1 amide bonds. The lowest BCUT2D eigenvalue weighted by molar-refractivity contribution is -0.114. The third-order valence-electron chi connectivity index (χ3n) is 4.39. The molecule has 0 aliphatic rings. The lowest BCUT2D eigenvalue weighted by Gasteiger charge is -2.24. The van der Waals surface area contributed by atoms with E-state index in [-0.39, 0.29) is 21.2 Å². The molecule has 0 aliphatic heterocycles. The Kier molecular flexibility index (Phi) is 7.55. The molecule has 0 saturated heterocycles. The molecule has 0 atom stereocenters. The van der Waals surface area contributed by atoms with Crippen LogP contribution in [0, 0.1) is 0 Å². The fourth-order valence-electron chi connectivity index (χ4n) is 2.84. The number of benzene rings is 3. The number of carbonyl (C=O) groups is 2. The number of nitrogens with one attached hydrogen (secondary N) is 1. The Labute approximate surface area is 199 Å². The number of carbonyl (C=O) groups excluding carboxylic acids is 2. The van der Waals surface area contributed by atoms with Gasteiger partial charge in [0.05, 0.1) is 28.3 Å². The van der Waals surface area contributed by atoms with Crippen LogP contribution in [0.2, 0.25) is 5.02 Å². The van der Waals surface area contributed by atoms with E-state index in [0.29, 0.717) is 5.69 Å². The van der Waals surface area contributed by atoms with Crippen LogP contribution in [0.4, 0.5) is 11.4 Å². The molecule has 0 radical (unpaired) electrons. The number of ether oxygens (including phenoxy) is 1. The van der Waals surface area contributed by atoms with Gasteiger partial charge in [-0.25, -0.2) is 13.2 Å². The number of sulfonamides is 1. The third kappa shape index (κ3) is 5.48. The van der Waals surface area contributed by atoms with Crippen molar-refractivity contribution in [3.63, 3.8) is 0 Å². The molecular formula is C22H18BrClN2O5S. The predicted octanol–water partition coefficient (Wildman–Crippen LogP) is 4.72. The van der Waals surface area contributed by atoms with Crippen LogP contribution in [-0.4, -0.2) is 33.9 Å². The molecule has 0 spiro atoms. The number of methoxy groups -OCH3 is 1. The molecule has 32 heavy (non-hydrogen) atoms. The summed E-state index contributed by atoms with van der Waals surface area (Å²) >= 11 is 9.33. The largest absolute Gasteiger partial charge is 0.465 e. The summed E-state index contributed by atoms with van der Waals surface area (Å²) in [7, 11) is -2.81. The molecule has 0 heterocycles. The fraction of sp³-hybridized carbons (Fsp3) is 0.0909. The molecule has 0 unspecified atom stereocenters. The standard InChI is InChI=1S/C22H18BrClN2O5S/c1-31-22(28)19-13-16(9-12-20(19)24)25-21(27)14-26(17-10-7-15(23)8-11-17)32(29,30)18-5-3-2-4-6-18/h2-13H,14H2,1H3,(H,25,27). The average Bonchev–Trinajstić information content (AvgIpc) is 2.79. The zero-order valence-corrected chi connectivity index (χ0v) is 19.9. The summed E-state index contributed by atoms with van der Waals surface area (Å²) in [5, 5.41) is 2.77. The van der Waals surface area contributed by atoms with Gasteiger partial charge in [-0.2, -0.15) is 0 Å². The van der Waals surface area contributed by atoms with Gasteiger partial charge in [0.2, 0.25) is 5.91 Å².